The molecule has 2 bridgehead atoms. The van der Waals surface area contributed by atoms with Crippen LogP contribution in [0.3, 0.4) is 0 Å². The Kier molecular flexibility index (Phi) is 5.29. The predicted molar refractivity (Wildman–Crippen MR) is 122 cm³/mol. The number of rotatable bonds is 5. The van der Waals surface area contributed by atoms with Crippen molar-refractivity contribution in [3.63, 3.8) is 0 Å². The summed E-state index contributed by atoms with van der Waals surface area (Å²) in [7, 11) is -3.66. The summed E-state index contributed by atoms with van der Waals surface area (Å²) in [4.78, 5) is 13.0. The van der Waals surface area contributed by atoms with Crippen LogP contribution in [0.25, 0.3) is 0 Å². The molecule has 1 amide bonds. The van der Waals surface area contributed by atoms with Gasteiger partial charge in [-0.2, -0.15) is 0 Å². The molecule has 5 rings (SSSR count). The summed E-state index contributed by atoms with van der Waals surface area (Å²) in [5.74, 6) is 2.04. The van der Waals surface area contributed by atoms with Gasteiger partial charge in [-0.3, -0.25) is 9.10 Å². The summed E-state index contributed by atoms with van der Waals surface area (Å²) >= 11 is 0. The molecule has 164 valence electrons. The zero-order valence-corrected chi connectivity index (χ0v) is 18.8. The van der Waals surface area contributed by atoms with Gasteiger partial charge in [0, 0.05) is 18.2 Å². The molecule has 4 atom stereocenters. The Balaban J connectivity index is 1.30. The molecule has 3 aliphatic rings. The van der Waals surface area contributed by atoms with E-state index in [1.807, 2.05) is 24.3 Å². The van der Waals surface area contributed by atoms with Crippen molar-refractivity contribution in [3.8, 4) is 0 Å². The molecule has 5 nitrogen and oxygen atoms in total. The van der Waals surface area contributed by atoms with Crippen LogP contribution in [0.15, 0.2) is 53.4 Å². The second-order valence-electron chi connectivity index (χ2n) is 9.43. The average Bonchev–Trinajstić information content (AvgIpc) is 3.42. The molecule has 2 aromatic rings. The zero-order chi connectivity index (χ0) is 21.6. The normalized spacial score (nSPS) is 25.8. The number of carbonyl (C=O) groups is 1. The van der Waals surface area contributed by atoms with Gasteiger partial charge < -0.3 is 5.32 Å². The van der Waals surface area contributed by atoms with Crippen molar-refractivity contribution in [3.05, 3.63) is 59.7 Å². The summed E-state index contributed by atoms with van der Waals surface area (Å²) in [6, 6.07) is 14.2. The molecule has 1 N–H and O–H groups in total. The van der Waals surface area contributed by atoms with Crippen LogP contribution < -0.4 is 9.62 Å². The van der Waals surface area contributed by atoms with Crippen molar-refractivity contribution in [2.45, 2.75) is 56.4 Å². The molecule has 1 heterocycles. The highest BCUT2D eigenvalue weighted by molar-refractivity contribution is 7.92. The van der Waals surface area contributed by atoms with Crippen molar-refractivity contribution in [2.24, 2.45) is 17.8 Å². The SMILES string of the molecule is CC(NC(=O)c1ccc(S(=O)(=O)N2CCCc3ccccc32)cc1)C1CC2CCC1C2. The number of hydrogen-bond donors (Lipinski definition) is 1. The van der Waals surface area contributed by atoms with E-state index < -0.39 is 10.0 Å². The molecule has 0 spiro atoms. The van der Waals surface area contributed by atoms with Gasteiger partial charge >= 0.3 is 0 Å². The van der Waals surface area contributed by atoms with Crippen LogP contribution in [-0.2, 0) is 16.4 Å². The number of amides is 1. The summed E-state index contributed by atoms with van der Waals surface area (Å²) in [6.07, 6.45) is 6.87. The van der Waals surface area contributed by atoms with Crippen molar-refractivity contribution in [2.75, 3.05) is 10.8 Å². The molecule has 31 heavy (non-hydrogen) atoms. The molecule has 2 saturated carbocycles. The van der Waals surface area contributed by atoms with Crippen LogP contribution in [-0.4, -0.2) is 26.9 Å². The Labute approximate surface area is 184 Å². The first-order valence-corrected chi connectivity index (χ1v) is 12.9. The number of anilines is 1. The van der Waals surface area contributed by atoms with E-state index >= 15 is 0 Å². The molecule has 1 aliphatic heterocycles. The van der Waals surface area contributed by atoms with Gasteiger partial charge in [-0.1, -0.05) is 24.6 Å². The lowest BCUT2D eigenvalue weighted by Crippen LogP contribution is -2.40. The Bertz CT molecular complexity index is 1080. The highest BCUT2D eigenvalue weighted by atomic mass is 32.2. The summed E-state index contributed by atoms with van der Waals surface area (Å²) < 4.78 is 28.1. The number of nitrogens with zero attached hydrogens (tertiary/aromatic N) is 1. The number of aryl methyl sites for hydroxylation is 1. The topological polar surface area (TPSA) is 66.5 Å². The first-order chi connectivity index (χ1) is 14.9. The standard InChI is InChI=1S/C25H30N2O3S/c1-17(23-16-18-8-9-21(23)15-18)26-25(28)20-10-12-22(13-11-20)31(29,30)27-14-4-6-19-5-2-3-7-24(19)27/h2-3,5,7,10-13,17-18,21,23H,4,6,8-9,14-16H2,1H3,(H,26,28). The van der Waals surface area contributed by atoms with Gasteiger partial charge in [0.15, 0.2) is 0 Å². The monoisotopic (exact) mass is 438 g/mol. The molecule has 0 radical (unpaired) electrons. The van der Waals surface area contributed by atoms with E-state index in [1.54, 1.807) is 24.3 Å². The lowest BCUT2D eigenvalue weighted by Gasteiger charge is -2.30. The van der Waals surface area contributed by atoms with Gasteiger partial charge in [0.2, 0.25) is 0 Å². The van der Waals surface area contributed by atoms with E-state index in [9.17, 15) is 13.2 Å². The van der Waals surface area contributed by atoms with Gasteiger partial charge in [0.25, 0.3) is 15.9 Å². The molecule has 0 saturated heterocycles. The number of hydrogen-bond acceptors (Lipinski definition) is 3. The van der Waals surface area contributed by atoms with E-state index in [4.69, 9.17) is 0 Å². The van der Waals surface area contributed by atoms with E-state index in [0.717, 1.165) is 35.9 Å². The molecule has 2 aromatic carbocycles. The van der Waals surface area contributed by atoms with Crippen molar-refractivity contribution >= 4 is 21.6 Å². The van der Waals surface area contributed by atoms with Gasteiger partial charge in [-0.15, -0.1) is 0 Å². The van der Waals surface area contributed by atoms with E-state index in [1.165, 1.54) is 30.0 Å². The quantitative estimate of drug-likeness (QED) is 0.753. The first kappa shape index (κ1) is 20.6. The third kappa shape index (κ3) is 3.75. The zero-order valence-electron chi connectivity index (χ0n) is 18.0. The van der Waals surface area contributed by atoms with Crippen molar-refractivity contribution in [1.82, 2.24) is 5.32 Å². The fourth-order valence-corrected chi connectivity index (χ4v) is 7.50. The second-order valence-corrected chi connectivity index (χ2v) is 11.3. The van der Waals surface area contributed by atoms with E-state index in [2.05, 4.69) is 12.2 Å². The minimum absolute atomic E-state index is 0.123. The Morgan fingerprint density at radius 3 is 2.55 bits per heavy atom. The molecular formula is C25H30N2O3S. The van der Waals surface area contributed by atoms with Crippen LogP contribution in [0.1, 0.15) is 54.9 Å². The minimum atomic E-state index is -3.66. The maximum absolute atomic E-state index is 13.3. The van der Waals surface area contributed by atoms with Crippen LogP contribution >= 0.6 is 0 Å². The number of carbonyl (C=O) groups excluding carboxylic acids is 1. The number of sulfonamides is 1. The molecule has 6 heteroatoms. The highest BCUT2D eigenvalue weighted by Gasteiger charge is 2.42. The maximum Gasteiger partial charge on any atom is 0.264 e. The maximum atomic E-state index is 13.3. The molecule has 0 aromatic heterocycles. The number of fused-ring (bicyclic) bond motifs is 3. The predicted octanol–water partition coefficient (Wildman–Crippen LogP) is 4.38. The van der Waals surface area contributed by atoms with Crippen LogP contribution in [0.5, 0.6) is 0 Å². The van der Waals surface area contributed by atoms with Crippen LogP contribution in [0.4, 0.5) is 5.69 Å². The summed E-state index contributed by atoms with van der Waals surface area (Å²) in [5, 5.41) is 3.16. The summed E-state index contributed by atoms with van der Waals surface area (Å²) in [6.45, 7) is 2.58. The smallest absolute Gasteiger partial charge is 0.264 e. The second kappa shape index (κ2) is 7.97. The fraction of sp³-hybridized carbons (Fsp3) is 0.480. The average molecular weight is 439 g/mol. The third-order valence-electron chi connectivity index (χ3n) is 7.57. The molecule has 4 unspecified atom stereocenters. The van der Waals surface area contributed by atoms with Crippen molar-refractivity contribution in [1.29, 1.82) is 0 Å². The van der Waals surface area contributed by atoms with Crippen LogP contribution in [0, 0.1) is 17.8 Å². The van der Waals surface area contributed by atoms with E-state index in [0.29, 0.717) is 18.0 Å². The van der Waals surface area contributed by atoms with Gasteiger partial charge in [0.1, 0.15) is 0 Å². The van der Waals surface area contributed by atoms with E-state index in [-0.39, 0.29) is 16.8 Å². The number of nitrogens with one attached hydrogen (secondary N) is 1. The van der Waals surface area contributed by atoms with Gasteiger partial charge in [-0.25, -0.2) is 8.42 Å². The van der Waals surface area contributed by atoms with Gasteiger partial charge in [0.05, 0.1) is 10.6 Å². The molecule has 2 aliphatic carbocycles. The van der Waals surface area contributed by atoms with Crippen molar-refractivity contribution < 1.29 is 13.2 Å². The first-order valence-electron chi connectivity index (χ1n) is 11.4. The Hall–Kier alpha value is -2.34. The largest absolute Gasteiger partial charge is 0.349 e. The Morgan fingerprint density at radius 2 is 1.84 bits per heavy atom. The molecule has 2 fully saturated rings. The third-order valence-corrected chi connectivity index (χ3v) is 9.39. The minimum Gasteiger partial charge on any atom is -0.349 e. The number of para-hydroxylation sites is 1. The van der Waals surface area contributed by atoms with Crippen LogP contribution in [0.2, 0.25) is 0 Å². The molecular weight excluding hydrogens is 408 g/mol. The fourth-order valence-electron chi connectivity index (χ4n) is 5.96. The Morgan fingerprint density at radius 1 is 1.06 bits per heavy atom. The van der Waals surface area contributed by atoms with Gasteiger partial charge in [-0.05, 0) is 92.7 Å². The highest BCUT2D eigenvalue weighted by Crippen LogP contribution is 2.49. The number of benzene rings is 2. The summed E-state index contributed by atoms with van der Waals surface area (Å²) in [5.41, 5.74) is 2.33. The lowest BCUT2D eigenvalue weighted by atomic mass is 9.84. The lowest BCUT2D eigenvalue weighted by molar-refractivity contribution is 0.0915.